The van der Waals surface area contributed by atoms with Gasteiger partial charge < -0.3 is 19.9 Å². The van der Waals surface area contributed by atoms with Crippen LogP contribution in [0.4, 0.5) is 0 Å². The maximum Gasteiger partial charge on any atom is 0.245 e. The third-order valence-corrected chi connectivity index (χ3v) is 7.66. The van der Waals surface area contributed by atoms with Crippen molar-refractivity contribution >= 4 is 23.4 Å². The molecule has 0 spiro atoms. The van der Waals surface area contributed by atoms with Crippen LogP contribution >= 0.6 is 11.6 Å². The molecule has 1 unspecified atom stereocenters. The van der Waals surface area contributed by atoms with Crippen molar-refractivity contribution < 1.29 is 14.3 Å². The summed E-state index contributed by atoms with van der Waals surface area (Å²) in [5, 5.41) is 3.73. The molecular formula is C30H37ClN4O3. The van der Waals surface area contributed by atoms with Crippen molar-refractivity contribution in [1.82, 2.24) is 20.2 Å². The number of hydrogen-bond acceptors (Lipinski definition) is 4. The molecule has 8 heteroatoms. The minimum atomic E-state index is -0.645. The van der Waals surface area contributed by atoms with Crippen LogP contribution in [0.5, 0.6) is 5.75 Å². The van der Waals surface area contributed by atoms with E-state index in [1.807, 2.05) is 41.3 Å². The molecule has 4 rings (SSSR count). The molecule has 3 aromatic rings. The van der Waals surface area contributed by atoms with Gasteiger partial charge in [-0.1, -0.05) is 62.1 Å². The molecular weight excluding hydrogens is 500 g/mol. The lowest BCUT2D eigenvalue weighted by Gasteiger charge is -2.52. The Morgan fingerprint density at radius 2 is 1.87 bits per heavy atom. The Morgan fingerprint density at radius 3 is 2.50 bits per heavy atom. The number of benzene rings is 2. The molecule has 0 aliphatic carbocycles. The molecule has 0 bridgehead atoms. The smallest absolute Gasteiger partial charge is 0.245 e. The largest absolute Gasteiger partial charge is 0.497 e. The molecule has 202 valence electrons. The van der Waals surface area contributed by atoms with E-state index in [4.69, 9.17) is 16.3 Å². The predicted octanol–water partition coefficient (Wildman–Crippen LogP) is 5.09. The highest BCUT2D eigenvalue weighted by molar-refractivity contribution is 6.30. The Morgan fingerprint density at radius 1 is 1.13 bits per heavy atom. The number of halogens is 1. The van der Waals surface area contributed by atoms with Gasteiger partial charge in [0.25, 0.3) is 0 Å². The lowest BCUT2D eigenvalue weighted by molar-refractivity contribution is -0.143. The fraction of sp³-hybridized carbons (Fsp3) is 0.433. The van der Waals surface area contributed by atoms with Gasteiger partial charge in [0.05, 0.1) is 19.1 Å². The van der Waals surface area contributed by atoms with Crippen LogP contribution in [-0.2, 0) is 27.8 Å². The fourth-order valence-corrected chi connectivity index (χ4v) is 5.32. The number of hydrogen-bond donors (Lipinski definition) is 2. The fourth-order valence-electron chi connectivity index (χ4n) is 5.20. The number of aromatic amines is 1. The third kappa shape index (κ3) is 6.95. The van der Waals surface area contributed by atoms with E-state index in [0.29, 0.717) is 31.0 Å². The van der Waals surface area contributed by atoms with Crippen molar-refractivity contribution in [1.29, 1.82) is 0 Å². The lowest BCUT2D eigenvalue weighted by Crippen LogP contribution is -2.64. The third-order valence-electron chi connectivity index (χ3n) is 7.41. The highest BCUT2D eigenvalue weighted by Gasteiger charge is 2.47. The van der Waals surface area contributed by atoms with Crippen LogP contribution in [0.3, 0.4) is 0 Å². The maximum atomic E-state index is 13.8. The van der Waals surface area contributed by atoms with E-state index in [-0.39, 0.29) is 23.7 Å². The molecule has 1 aliphatic rings. The van der Waals surface area contributed by atoms with Gasteiger partial charge in [0.2, 0.25) is 11.8 Å². The zero-order valence-electron chi connectivity index (χ0n) is 22.2. The van der Waals surface area contributed by atoms with Gasteiger partial charge in [-0.05, 0) is 48.2 Å². The minimum Gasteiger partial charge on any atom is -0.497 e. The molecule has 1 fully saturated rings. The molecule has 7 nitrogen and oxygen atoms in total. The number of carbonyl (C=O) groups excluding carboxylic acids is 2. The first-order valence-corrected chi connectivity index (χ1v) is 13.7. The molecule has 0 radical (unpaired) electrons. The molecule has 1 saturated heterocycles. The van der Waals surface area contributed by atoms with Gasteiger partial charge in [-0.25, -0.2) is 4.98 Å². The standard InChI is InChI=1S/C30H37ClN4O3/c1-3-4-5-16-30(23-8-10-24(31)11-9-23)19-35(20-30)29(37)27(17-22-6-13-26(38-2)14-7-22)34-28(36)15-12-25-18-32-21-33-25/h6-11,13-14,18,21,27H,3-5,12,15-17,19-20H2,1-2H3,(H,32,33)(H,34,36). The molecule has 2 N–H and O–H groups in total. The van der Waals surface area contributed by atoms with Gasteiger partial charge in [0, 0.05) is 42.6 Å². The van der Waals surface area contributed by atoms with Crippen LogP contribution in [-0.4, -0.2) is 52.9 Å². The number of unbranched alkanes of at least 4 members (excludes halogenated alkanes) is 2. The van der Waals surface area contributed by atoms with Crippen molar-refractivity contribution in [2.24, 2.45) is 0 Å². The van der Waals surface area contributed by atoms with E-state index < -0.39 is 6.04 Å². The second kappa shape index (κ2) is 13.0. The van der Waals surface area contributed by atoms with E-state index in [2.05, 4.69) is 34.3 Å². The number of aromatic nitrogens is 2. The first-order valence-electron chi connectivity index (χ1n) is 13.4. The number of nitrogens with one attached hydrogen (secondary N) is 2. The van der Waals surface area contributed by atoms with Crippen LogP contribution in [0, 0.1) is 0 Å². The van der Waals surface area contributed by atoms with Gasteiger partial charge >= 0.3 is 0 Å². The number of methoxy groups -OCH3 is 1. The van der Waals surface area contributed by atoms with Crippen molar-refractivity contribution in [3.63, 3.8) is 0 Å². The van der Waals surface area contributed by atoms with E-state index in [9.17, 15) is 9.59 Å². The summed E-state index contributed by atoms with van der Waals surface area (Å²) in [4.78, 5) is 35.6. The Labute approximate surface area is 229 Å². The first-order chi connectivity index (χ1) is 18.4. The monoisotopic (exact) mass is 536 g/mol. The quantitative estimate of drug-likeness (QED) is 0.298. The first kappa shape index (κ1) is 27.7. The van der Waals surface area contributed by atoms with E-state index in [1.165, 1.54) is 5.56 Å². The number of imidazole rings is 1. The number of likely N-dealkylation sites (tertiary alicyclic amines) is 1. The summed E-state index contributed by atoms with van der Waals surface area (Å²) >= 11 is 6.15. The van der Waals surface area contributed by atoms with Gasteiger partial charge in [-0.3, -0.25) is 9.59 Å². The molecule has 2 aromatic carbocycles. The molecule has 38 heavy (non-hydrogen) atoms. The number of H-pyrrole nitrogens is 1. The highest BCUT2D eigenvalue weighted by atomic mass is 35.5. The summed E-state index contributed by atoms with van der Waals surface area (Å²) in [6.07, 6.45) is 9.01. The highest BCUT2D eigenvalue weighted by Crippen LogP contribution is 2.40. The van der Waals surface area contributed by atoms with Crippen LogP contribution in [0.15, 0.2) is 61.1 Å². The minimum absolute atomic E-state index is 0.0472. The number of ether oxygens (including phenoxy) is 1. The molecule has 2 amide bonds. The van der Waals surface area contributed by atoms with Crippen LogP contribution in [0.25, 0.3) is 0 Å². The van der Waals surface area contributed by atoms with Crippen molar-refractivity contribution in [2.45, 2.75) is 63.3 Å². The van der Waals surface area contributed by atoms with Crippen molar-refractivity contribution in [3.05, 3.63) is 82.9 Å². The van der Waals surface area contributed by atoms with E-state index >= 15 is 0 Å². The Bertz CT molecular complexity index is 1170. The topological polar surface area (TPSA) is 87.3 Å². The number of rotatable bonds is 13. The average molecular weight is 537 g/mol. The summed E-state index contributed by atoms with van der Waals surface area (Å²) < 4.78 is 5.27. The van der Waals surface area contributed by atoms with Crippen molar-refractivity contribution in [2.75, 3.05) is 20.2 Å². The maximum absolute atomic E-state index is 13.8. The average Bonchev–Trinajstić information content (AvgIpc) is 3.43. The Kier molecular flexibility index (Phi) is 9.45. The summed E-state index contributed by atoms with van der Waals surface area (Å²) in [5.74, 6) is 0.545. The SMILES string of the molecule is CCCCCC1(c2ccc(Cl)cc2)CN(C(=O)C(Cc2ccc(OC)cc2)NC(=O)CCc2c[nH]cn2)C1. The number of aryl methyl sites for hydroxylation is 1. The summed E-state index contributed by atoms with van der Waals surface area (Å²) in [5.41, 5.74) is 2.92. The second-order valence-electron chi connectivity index (χ2n) is 10.2. The zero-order chi connectivity index (χ0) is 27.0. The van der Waals surface area contributed by atoms with Crippen LogP contribution < -0.4 is 10.1 Å². The summed E-state index contributed by atoms with van der Waals surface area (Å²) in [6.45, 7) is 3.48. The lowest BCUT2D eigenvalue weighted by atomic mass is 9.70. The molecule has 1 aromatic heterocycles. The Balaban J connectivity index is 1.47. The second-order valence-corrected chi connectivity index (χ2v) is 10.6. The predicted molar refractivity (Wildman–Crippen MR) is 149 cm³/mol. The summed E-state index contributed by atoms with van der Waals surface area (Å²) in [6, 6.07) is 15.0. The molecule has 1 atom stereocenters. The van der Waals surface area contributed by atoms with Crippen LogP contribution in [0.1, 0.15) is 55.8 Å². The Hall–Kier alpha value is -3.32. The molecule has 0 saturated carbocycles. The molecule has 2 heterocycles. The van der Waals surface area contributed by atoms with E-state index in [0.717, 1.165) is 42.7 Å². The van der Waals surface area contributed by atoms with E-state index in [1.54, 1.807) is 19.6 Å². The van der Waals surface area contributed by atoms with Gasteiger partial charge in [0.1, 0.15) is 11.8 Å². The van der Waals surface area contributed by atoms with Crippen molar-refractivity contribution in [3.8, 4) is 5.75 Å². The van der Waals surface area contributed by atoms with Crippen LogP contribution in [0.2, 0.25) is 5.02 Å². The summed E-state index contributed by atoms with van der Waals surface area (Å²) in [7, 11) is 1.62. The van der Waals surface area contributed by atoms with Gasteiger partial charge in [0.15, 0.2) is 0 Å². The zero-order valence-corrected chi connectivity index (χ0v) is 23.0. The number of amides is 2. The van der Waals surface area contributed by atoms with Gasteiger partial charge in [-0.2, -0.15) is 0 Å². The van der Waals surface area contributed by atoms with Gasteiger partial charge in [-0.15, -0.1) is 0 Å². The number of nitrogens with zero attached hydrogens (tertiary/aromatic N) is 2. The normalized spacial score (nSPS) is 15.0. The number of carbonyl (C=O) groups is 2. The molecule has 1 aliphatic heterocycles.